The summed E-state index contributed by atoms with van der Waals surface area (Å²) >= 11 is 3.45. The Bertz CT molecular complexity index is 575. The van der Waals surface area contributed by atoms with Crippen molar-refractivity contribution in [1.29, 1.82) is 0 Å². The molecular weight excluding hydrogens is 294 g/mol. The topological polar surface area (TPSA) is 55.4 Å². The summed E-state index contributed by atoms with van der Waals surface area (Å²) in [6, 6.07) is 8.32. The summed E-state index contributed by atoms with van der Waals surface area (Å²) in [5.74, 6) is -0.714. The Hall–Kier alpha value is -1.66. The van der Waals surface area contributed by atoms with Crippen molar-refractivity contribution in [2.24, 2.45) is 0 Å². The molecule has 1 N–H and O–H groups in total. The number of esters is 1. The van der Waals surface area contributed by atoms with Gasteiger partial charge in [-0.05, 0) is 30.0 Å². The molecule has 2 rings (SSSR count). The van der Waals surface area contributed by atoms with Gasteiger partial charge in [0.25, 0.3) is 5.91 Å². The Morgan fingerprint density at radius 3 is 2.80 bits per heavy atom. The van der Waals surface area contributed by atoms with E-state index >= 15 is 0 Å². The van der Waals surface area contributed by atoms with Gasteiger partial charge in [0, 0.05) is 28.1 Å². The van der Waals surface area contributed by atoms with E-state index in [4.69, 9.17) is 0 Å². The third kappa shape index (κ3) is 4.47. The molecule has 0 saturated carbocycles. The van der Waals surface area contributed by atoms with E-state index < -0.39 is 5.97 Å². The SMILES string of the molecule is CC(=O)OCC(=O)NCCc1ccc(-c2cccs2)s1. The molecule has 20 heavy (non-hydrogen) atoms. The number of ether oxygens (including phenoxy) is 1. The average Bonchev–Trinajstić information content (AvgIpc) is 3.06. The second-order valence-electron chi connectivity index (χ2n) is 4.12. The first-order chi connectivity index (χ1) is 9.65. The second-order valence-corrected chi connectivity index (χ2v) is 6.24. The van der Waals surface area contributed by atoms with Crippen molar-refractivity contribution in [3.8, 4) is 9.75 Å². The molecule has 2 aromatic heterocycles. The van der Waals surface area contributed by atoms with Gasteiger partial charge < -0.3 is 10.1 Å². The van der Waals surface area contributed by atoms with Gasteiger partial charge in [0.05, 0.1) is 0 Å². The highest BCUT2D eigenvalue weighted by Gasteiger charge is 2.06. The highest BCUT2D eigenvalue weighted by Crippen LogP contribution is 2.31. The molecule has 2 heterocycles. The lowest BCUT2D eigenvalue weighted by Crippen LogP contribution is -2.29. The molecule has 0 aliphatic heterocycles. The Morgan fingerprint density at radius 2 is 2.10 bits per heavy atom. The Balaban J connectivity index is 1.75. The zero-order valence-corrected chi connectivity index (χ0v) is 12.7. The van der Waals surface area contributed by atoms with Crippen LogP contribution >= 0.6 is 22.7 Å². The molecule has 2 aromatic rings. The highest BCUT2D eigenvalue weighted by molar-refractivity contribution is 7.21. The third-order valence-corrected chi connectivity index (χ3v) is 4.74. The predicted molar refractivity (Wildman–Crippen MR) is 81.0 cm³/mol. The number of carbonyl (C=O) groups is 2. The van der Waals surface area contributed by atoms with Crippen LogP contribution in [0.25, 0.3) is 9.75 Å². The van der Waals surface area contributed by atoms with Gasteiger partial charge in [-0.15, -0.1) is 22.7 Å². The van der Waals surface area contributed by atoms with Gasteiger partial charge in [-0.25, -0.2) is 0 Å². The number of amides is 1. The van der Waals surface area contributed by atoms with Crippen LogP contribution in [0.1, 0.15) is 11.8 Å². The maximum absolute atomic E-state index is 11.3. The zero-order chi connectivity index (χ0) is 14.4. The normalized spacial score (nSPS) is 10.2. The van der Waals surface area contributed by atoms with Crippen molar-refractivity contribution in [1.82, 2.24) is 5.32 Å². The largest absolute Gasteiger partial charge is 0.456 e. The van der Waals surface area contributed by atoms with Gasteiger partial charge in [-0.3, -0.25) is 9.59 Å². The van der Waals surface area contributed by atoms with E-state index in [0.717, 1.165) is 6.42 Å². The van der Waals surface area contributed by atoms with Crippen molar-refractivity contribution in [3.05, 3.63) is 34.5 Å². The zero-order valence-electron chi connectivity index (χ0n) is 11.0. The fourth-order valence-electron chi connectivity index (χ4n) is 1.61. The van der Waals surface area contributed by atoms with Crippen molar-refractivity contribution in [2.45, 2.75) is 13.3 Å². The highest BCUT2D eigenvalue weighted by atomic mass is 32.1. The van der Waals surface area contributed by atoms with Crippen LogP contribution in [-0.4, -0.2) is 25.0 Å². The van der Waals surface area contributed by atoms with Gasteiger partial charge in [0.1, 0.15) is 0 Å². The van der Waals surface area contributed by atoms with E-state index in [0.29, 0.717) is 6.54 Å². The first kappa shape index (κ1) is 14.7. The van der Waals surface area contributed by atoms with Gasteiger partial charge in [0.15, 0.2) is 6.61 Å². The van der Waals surface area contributed by atoms with Crippen LogP contribution in [-0.2, 0) is 20.7 Å². The average molecular weight is 309 g/mol. The van der Waals surface area contributed by atoms with Crippen LogP contribution in [0.3, 0.4) is 0 Å². The van der Waals surface area contributed by atoms with E-state index in [1.165, 1.54) is 21.6 Å². The van der Waals surface area contributed by atoms with Crippen molar-refractivity contribution < 1.29 is 14.3 Å². The van der Waals surface area contributed by atoms with Crippen LogP contribution in [0.4, 0.5) is 0 Å². The van der Waals surface area contributed by atoms with E-state index in [1.807, 2.05) is 6.07 Å². The molecule has 106 valence electrons. The summed E-state index contributed by atoms with van der Waals surface area (Å²) in [5.41, 5.74) is 0. The molecule has 0 aliphatic rings. The number of thiophene rings is 2. The van der Waals surface area contributed by atoms with Crippen molar-refractivity contribution in [2.75, 3.05) is 13.2 Å². The minimum absolute atomic E-state index is 0.208. The lowest BCUT2D eigenvalue weighted by atomic mass is 10.3. The van der Waals surface area contributed by atoms with E-state index in [2.05, 4.69) is 33.6 Å². The Labute approximate surface area is 125 Å². The van der Waals surface area contributed by atoms with Crippen LogP contribution in [0.5, 0.6) is 0 Å². The maximum Gasteiger partial charge on any atom is 0.303 e. The molecule has 0 bridgehead atoms. The third-order valence-electron chi connectivity index (χ3n) is 2.53. The number of hydrogen-bond donors (Lipinski definition) is 1. The van der Waals surface area contributed by atoms with Crippen molar-refractivity contribution >= 4 is 34.6 Å². The first-order valence-electron chi connectivity index (χ1n) is 6.18. The minimum Gasteiger partial charge on any atom is -0.456 e. The predicted octanol–water partition coefficient (Wildman–Crippen LogP) is 2.70. The first-order valence-corrected chi connectivity index (χ1v) is 7.87. The smallest absolute Gasteiger partial charge is 0.303 e. The quantitative estimate of drug-likeness (QED) is 0.835. The molecule has 0 radical (unpaired) electrons. The number of hydrogen-bond acceptors (Lipinski definition) is 5. The molecule has 0 aromatic carbocycles. The fraction of sp³-hybridized carbons (Fsp3) is 0.286. The van der Waals surface area contributed by atoms with Crippen LogP contribution in [0.15, 0.2) is 29.6 Å². The molecule has 0 saturated heterocycles. The van der Waals surface area contributed by atoms with E-state index in [9.17, 15) is 9.59 Å². The van der Waals surface area contributed by atoms with E-state index in [-0.39, 0.29) is 12.5 Å². The molecule has 1 amide bonds. The van der Waals surface area contributed by atoms with Gasteiger partial charge in [-0.2, -0.15) is 0 Å². The molecule has 6 heteroatoms. The fourth-order valence-corrected chi connectivity index (χ4v) is 3.45. The lowest BCUT2D eigenvalue weighted by molar-refractivity contribution is -0.146. The molecule has 0 aliphatic carbocycles. The molecular formula is C14H15NO3S2. The summed E-state index contributed by atoms with van der Waals surface area (Å²) in [4.78, 5) is 25.6. The molecule has 0 atom stereocenters. The number of carbonyl (C=O) groups excluding carboxylic acids is 2. The summed E-state index contributed by atoms with van der Waals surface area (Å²) < 4.78 is 4.61. The minimum atomic E-state index is -0.445. The standard InChI is InChI=1S/C14H15NO3S2/c1-10(16)18-9-14(17)15-7-6-11-4-5-13(20-11)12-3-2-8-19-12/h2-5,8H,6-7,9H2,1H3,(H,15,17). The van der Waals surface area contributed by atoms with Crippen LogP contribution in [0, 0.1) is 0 Å². The van der Waals surface area contributed by atoms with Gasteiger partial charge in [0.2, 0.25) is 0 Å². The summed E-state index contributed by atoms with van der Waals surface area (Å²) in [5, 5.41) is 4.78. The summed E-state index contributed by atoms with van der Waals surface area (Å²) in [6.45, 7) is 1.62. The Morgan fingerprint density at radius 1 is 1.25 bits per heavy atom. The van der Waals surface area contributed by atoms with E-state index in [1.54, 1.807) is 22.7 Å². The monoisotopic (exact) mass is 309 g/mol. The van der Waals surface area contributed by atoms with Crippen LogP contribution in [0.2, 0.25) is 0 Å². The molecule has 0 spiro atoms. The molecule has 0 fully saturated rings. The Kier molecular flexibility index (Phi) is 5.31. The van der Waals surface area contributed by atoms with Crippen LogP contribution < -0.4 is 5.32 Å². The van der Waals surface area contributed by atoms with Crippen molar-refractivity contribution in [3.63, 3.8) is 0 Å². The number of rotatable bonds is 6. The molecule has 0 unspecified atom stereocenters. The maximum atomic E-state index is 11.3. The summed E-state index contributed by atoms with van der Waals surface area (Å²) in [6.07, 6.45) is 0.780. The number of nitrogens with one attached hydrogen (secondary N) is 1. The second kappa shape index (κ2) is 7.21. The van der Waals surface area contributed by atoms with Gasteiger partial charge >= 0.3 is 5.97 Å². The van der Waals surface area contributed by atoms with Gasteiger partial charge in [-0.1, -0.05) is 6.07 Å². The lowest BCUT2D eigenvalue weighted by Gasteiger charge is -2.04. The summed E-state index contributed by atoms with van der Waals surface area (Å²) in [7, 11) is 0. The molecule has 4 nitrogen and oxygen atoms in total.